The zero-order valence-electron chi connectivity index (χ0n) is 14.5. The maximum Gasteiger partial charge on any atom is 0.279 e. The molecule has 2 aromatic rings. The van der Waals surface area contributed by atoms with Crippen LogP contribution in [0.2, 0.25) is 0 Å². The number of nitrogens with zero attached hydrogens (tertiary/aromatic N) is 1. The van der Waals surface area contributed by atoms with E-state index in [0.717, 1.165) is 25.3 Å². The van der Waals surface area contributed by atoms with Crippen LogP contribution in [0.15, 0.2) is 35.7 Å². The summed E-state index contributed by atoms with van der Waals surface area (Å²) in [4.78, 5) is 17.2. The van der Waals surface area contributed by atoms with Crippen molar-refractivity contribution in [1.82, 2.24) is 0 Å². The molecule has 3 rings (SSSR count). The molecule has 1 aromatic carbocycles. The van der Waals surface area contributed by atoms with Crippen LogP contribution in [0.4, 0.5) is 11.4 Å². The summed E-state index contributed by atoms with van der Waals surface area (Å²) in [5, 5.41) is 5.12. The lowest BCUT2D eigenvalue weighted by atomic mass is 10.2. The predicted octanol–water partition coefficient (Wildman–Crippen LogP) is 2.31. The van der Waals surface area contributed by atoms with E-state index in [1.54, 1.807) is 11.3 Å². The summed E-state index contributed by atoms with van der Waals surface area (Å²) in [6, 6.07) is 10.4. The zero-order chi connectivity index (χ0) is 16.9. The fraction of sp³-hybridized carbons (Fsp3) is 0.421. The number of aryl methyl sites for hydroxylation is 1. The maximum absolute atomic E-state index is 12.2. The number of likely N-dealkylation sites (N-methyl/N-ethyl adjacent to an activating group) is 1. The SMILES string of the molecule is Cc1ccsc1C[NH+](C)CC(=O)Nc1ccc(N2CCCC2)cc1. The molecule has 0 spiro atoms. The van der Waals surface area contributed by atoms with Gasteiger partial charge in [-0.15, -0.1) is 11.3 Å². The Morgan fingerprint density at radius 1 is 1.21 bits per heavy atom. The van der Waals surface area contributed by atoms with Gasteiger partial charge >= 0.3 is 0 Å². The van der Waals surface area contributed by atoms with Crippen LogP contribution in [0.25, 0.3) is 0 Å². The van der Waals surface area contributed by atoms with Crippen molar-refractivity contribution in [2.24, 2.45) is 0 Å². The number of rotatable bonds is 6. The highest BCUT2D eigenvalue weighted by Crippen LogP contribution is 2.21. The summed E-state index contributed by atoms with van der Waals surface area (Å²) < 4.78 is 0. The van der Waals surface area contributed by atoms with Crippen LogP contribution in [-0.4, -0.2) is 32.6 Å². The number of carbonyl (C=O) groups is 1. The lowest BCUT2D eigenvalue weighted by molar-refractivity contribution is -0.884. The molecule has 0 bridgehead atoms. The molecule has 5 heteroatoms. The summed E-state index contributed by atoms with van der Waals surface area (Å²) in [5.41, 5.74) is 3.45. The molecule has 0 saturated carbocycles. The largest absolute Gasteiger partial charge is 0.372 e. The number of nitrogens with one attached hydrogen (secondary N) is 2. The van der Waals surface area contributed by atoms with Gasteiger partial charge < -0.3 is 15.1 Å². The topological polar surface area (TPSA) is 36.8 Å². The second kappa shape index (κ2) is 7.81. The maximum atomic E-state index is 12.2. The molecule has 1 fully saturated rings. The van der Waals surface area contributed by atoms with E-state index in [9.17, 15) is 4.79 Å². The third-order valence-corrected chi connectivity index (χ3v) is 5.54. The standard InChI is InChI=1S/C19H25N3OS/c1-15-9-12-24-18(15)13-21(2)14-19(23)20-16-5-7-17(8-6-16)22-10-3-4-11-22/h5-9,12H,3-4,10-11,13-14H2,1-2H3,(H,20,23)/p+1. The van der Waals surface area contributed by atoms with E-state index < -0.39 is 0 Å². The van der Waals surface area contributed by atoms with Gasteiger partial charge in [0, 0.05) is 24.5 Å². The molecular formula is C19H26N3OS+. The number of anilines is 2. The van der Waals surface area contributed by atoms with E-state index >= 15 is 0 Å². The first-order valence-corrected chi connectivity index (χ1v) is 9.49. The van der Waals surface area contributed by atoms with Crippen LogP contribution >= 0.6 is 11.3 Å². The molecule has 1 atom stereocenters. The molecular weight excluding hydrogens is 318 g/mol. The van der Waals surface area contributed by atoms with Gasteiger partial charge in [-0.05, 0) is 61.0 Å². The van der Waals surface area contributed by atoms with Crippen molar-refractivity contribution in [1.29, 1.82) is 0 Å². The Kier molecular flexibility index (Phi) is 5.53. The van der Waals surface area contributed by atoms with Crippen molar-refractivity contribution in [2.45, 2.75) is 26.3 Å². The fourth-order valence-electron chi connectivity index (χ4n) is 3.13. The van der Waals surface area contributed by atoms with Gasteiger partial charge in [0.1, 0.15) is 6.54 Å². The van der Waals surface area contributed by atoms with Crippen molar-refractivity contribution in [2.75, 3.05) is 36.9 Å². The zero-order valence-corrected chi connectivity index (χ0v) is 15.3. The number of hydrogen-bond donors (Lipinski definition) is 2. The molecule has 1 amide bonds. The van der Waals surface area contributed by atoms with Gasteiger partial charge in [-0.2, -0.15) is 0 Å². The predicted molar refractivity (Wildman–Crippen MR) is 101 cm³/mol. The van der Waals surface area contributed by atoms with Gasteiger partial charge in [0.2, 0.25) is 0 Å². The minimum Gasteiger partial charge on any atom is -0.372 e. The van der Waals surface area contributed by atoms with Crippen molar-refractivity contribution in [3.63, 3.8) is 0 Å². The highest BCUT2D eigenvalue weighted by molar-refractivity contribution is 7.10. The normalized spacial score (nSPS) is 15.5. The third-order valence-electron chi connectivity index (χ3n) is 4.52. The van der Waals surface area contributed by atoms with Crippen LogP contribution in [-0.2, 0) is 11.3 Å². The van der Waals surface area contributed by atoms with Crippen molar-refractivity contribution in [3.8, 4) is 0 Å². The van der Waals surface area contributed by atoms with Gasteiger partial charge in [0.25, 0.3) is 5.91 Å². The van der Waals surface area contributed by atoms with Gasteiger partial charge in [0.15, 0.2) is 6.54 Å². The van der Waals surface area contributed by atoms with Crippen LogP contribution in [0.5, 0.6) is 0 Å². The van der Waals surface area contributed by atoms with E-state index in [1.807, 2.05) is 12.1 Å². The number of quaternary nitrogens is 1. The summed E-state index contributed by atoms with van der Waals surface area (Å²) in [6.07, 6.45) is 2.55. The van der Waals surface area contributed by atoms with Crippen molar-refractivity contribution < 1.29 is 9.69 Å². The fourth-order valence-corrected chi connectivity index (χ4v) is 4.15. The van der Waals surface area contributed by atoms with E-state index in [-0.39, 0.29) is 5.91 Å². The Morgan fingerprint density at radius 3 is 2.54 bits per heavy atom. The highest BCUT2D eigenvalue weighted by atomic mass is 32.1. The molecule has 0 radical (unpaired) electrons. The summed E-state index contributed by atoms with van der Waals surface area (Å²) >= 11 is 1.77. The Morgan fingerprint density at radius 2 is 1.92 bits per heavy atom. The van der Waals surface area contributed by atoms with Gasteiger partial charge in [0.05, 0.1) is 11.9 Å². The average molecular weight is 345 g/mol. The highest BCUT2D eigenvalue weighted by Gasteiger charge is 2.14. The molecule has 1 aliphatic rings. The number of hydrogen-bond acceptors (Lipinski definition) is 3. The minimum atomic E-state index is 0.0654. The summed E-state index contributed by atoms with van der Waals surface area (Å²) in [6.45, 7) is 5.78. The number of amides is 1. The minimum absolute atomic E-state index is 0.0654. The molecule has 4 nitrogen and oxygen atoms in total. The van der Waals surface area contributed by atoms with Gasteiger partial charge in [-0.1, -0.05) is 0 Å². The van der Waals surface area contributed by atoms with Gasteiger partial charge in [-0.25, -0.2) is 0 Å². The van der Waals surface area contributed by atoms with Crippen LogP contribution in [0.1, 0.15) is 23.3 Å². The molecule has 2 heterocycles. The molecule has 24 heavy (non-hydrogen) atoms. The average Bonchev–Trinajstić information content (AvgIpc) is 3.20. The van der Waals surface area contributed by atoms with Crippen molar-refractivity contribution >= 4 is 28.6 Å². The second-order valence-corrected chi connectivity index (χ2v) is 7.63. The molecule has 0 aliphatic carbocycles. The quantitative estimate of drug-likeness (QED) is 0.844. The van der Waals surface area contributed by atoms with Crippen molar-refractivity contribution in [3.05, 3.63) is 46.2 Å². The Balaban J connectivity index is 1.50. The Labute approximate surface area is 148 Å². The number of benzene rings is 1. The van der Waals surface area contributed by atoms with Crippen LogP contribution in [0.3, 0.4) is 0 Å². The van der Waals surface area contributed by atoms with E-state index in [1.165, 1.54) is 33.9 Å². The molecule has 128 valence electrons. The van der Waals surface area contributed by atoms with Gasteiger partial charge in [-0.3, -0.25) is 4.79 Å². The third kappa shape index (κ3) is 4.36. The first kappa shape index (κ1) is 17.0. The van der Waals surface area contributed by atoms with Crippen LogP contribution in [0, 0.1) is 6.92 Å². The van der Waals surface area contributed by atoms with E-state index in [0.29, 0.717) is 6.54 Å². The molecule has 1 aromatic heterocycles. The second-order valence-electron chi connectivity index (χ2n) is 6.63. The molecule has 1 unspecified atom stereocenters. The first-order valence-electron chi connectivity index (χ1n) is 8.61. The Bertz CT molecular complexity index is 674. The lowest BCUT2D eigenvalue weighted by Crippen LogP contribution is -3.08. The summed E-state index contributed by atoms with van der Waals surface area (Å²) in [5.74, 6) is 0.0654. The monoisotopic (exact) mass is 344 g/mol. The van der Waals surface area contributed by atoms with E-state index in [4.69, 9.17) is 0 Å². The lowest BCUT2D eigenvalue weighted by Gasteiger charge is -2.18. The van der Waals surface area contributed by atoms with Crippen LogP contribution < -0.4 is 15.1 Å². The first-order chi connectivity index (χ1) is 11.6. The number of carbonyl (C=O) groups excluding carboxylic acids is 1. The molecule has 1 aliphatic heterocycles. The molecule has 1 saturated heterocycles. The Hall–Kier alpha value is -1.85. The smallest absolute Gasteiger partial charge is 0.279 e. The number of thiophene rings is 1. The van der Waals surface area contributed by atoms with E-state index in [2.05, 4.69) is 47.8 Å². The molecule has 2 N–H and O–H groups in total. The summed E-state index contributed by atoms with van der Waals surface area (Å²) in [7, 11) is 2.06.